The number of esters is 1. The van der Waals surface area contributed by atoms with Crippen LogP contribution in [-0.4, -0.2) is 79.9 Å². The van der Waals surface area contributed by atoms with Gasteiger partial charge in [-0.05, 0) is 197 Å². The van der Waals surface area contributed by atoms with Gasteiger partial charge in [-0.15, -0.1) is 0 Å². The molecule has 74 heavy (non-hydrogen) atoms. The molecular weight excluding hydrogens is 923 g/mol. The molecule has 21 atom stereocenters. The summed E-state index contributed by atoms with van der Waals surface area (Å²) in [7, 11) is 1.96. The molecule has 9 fully saturated rings. The molecule has 2 aromatic rings. The Morgan fingerprint density at radius 1 is 0.838 bits per heavy atom. The third kappa shape index (κ3) is 6.39. The van der Waals surface area contributed by atoms with Crippen molar-refractivity contribution in [2.75, 3.05) is 7.05 Å². The van der Waals surface area contributed by atoms with Gasteiger partial charge in [0, 0.05) is 52.7 Å². The van der Waals surface area contributed by atoms with Gasteiger partial charge in [-0.3, -0.25) is 0 Å². The van der Waals surface area contributed by atoms with E-state index >= 15 is 4.79 Å². The van der Waals surface area contributed by atoms with Crippen molar-refractivity contribution in [3.05, 3.63) is 94.6 Å². The number of nitrogens with one attached hydrogen (secondary N) is 1. The Bertz CT molecular complexity index is 2700. The highest BCUT2D eigenvalue weighted by Gasteiger charge is 2.85. The Morgan fingerprint density at radius 2 is 1.68 bits per heavy atom. The fourth-order valence-electron chi connectivity index (χ4n) is 22.7. The fraction of sp³-hybridized carbons (Fsp3) is 0.692. The molecule has 2 aromatic carbocycles. The van der Waals surface area contributed by atoms with E-state index in [9.17, 15) is 30.3 Å². The van der Waals surface area contributed by atoms with Crippen LogP contribution in [0.4, 0.5) is 0 Å². The molecule has 0 amide bonds. The molecule has 0 radical (unpaired) electrons. The number of rotatable bonds is 5. The summed E-state index contributed by atoms with van der Waals surface area (Å²) in [5, 5.41) is 72.2. The Balaban J connectivity index is 0.927. The number of aliphatic hydroxyl groups excluding tert-OH is 2. The molecule has 0 unspecified atom stereocenters. The molecule has 13 aliphatic rings. The van der Waals surface area contributed by atoms with E-state index in [0.29, 0.717) is 87.9 Å². The minimum atomic E-state index is -1.75. The maximum Gasteiger partial charge on any atom is 0.331 e. The first-order valence-electron chi connectivity index (χ1n) is 29.7. The molecule has 12 aliphatic carbocycles. The number of fused-ring (bicyclic) bond motifs is 9. The van der Waals surface area contributed by atoms with E-state index in [0.717, 1.165) is 67.1 Å². The lowest BCUT2D eigenvalue weighted by molar-refractivity contribution is -0.357. The van der Waals surface area contributed by atoms with Crippen LogP contribution in [0.3, 0.4) is 0 Å². The standard InChI is InChI=1S/C65H81NO8/c1-66-54-31-48-40(16-9-18-44(48)35-67)15-7-8-24-61-26-23-55-62(37-68)36-60(25-22-43-27-41(20-21-52(43)60)38-11-3-2-4-12-38)59(70)53-29-42-17-10-19-47(39-13-5-6-14-39)49(42)30-46(65(53,62)73)34-63(55,71)64(61,72)33-45-28-50(54)58-51(57(45)61)32-56(69)74-58/h2-4,9-12,16-18,32,37,39,41-43,45-47,49-50,52-55,57-59,66-67,70-73H,5-6,8,13-14,19-31,33-36H2,1H3/t41-,42-,43-,45+,46-,47+,49-,50+,52+,53+,54+,55-,57-,58+,59-,60-,61-,62+,63+,64-,65+/m1/s1. The molecule has 1 aliphatic heterocycles. The van der Waals surface area contributed by atoms with Gasteiger partial charge in [-0.1, -0.05) is 92.1 Å². The van der Waals surface area contributed by atoms with Crippen LogP contribution in [0.2, 0.25) is 0 Å². The second kappa shape index (κ2) is 17.4. The molecule has 4 bridgehead atoms. The number of aldehydes is 1. The maximum atomic E-state index is 15.4. The van der Waals surface area contributed by atoms with Gasteiger partial charge in [0.05, 0.1) is 29.3 Å². The summed E-state index contributed by atoms with van der Waals surface area (Å²) >= 11 is 0. The van der Waals surface area contributed by atoms with Gasteiger partial charge in [0.1, 0.15) is 18.0 Å². The zero-order chi connectivity index (χ0) is 50.6. The van der Waals surface area contributed by atoms with E-state index in [2.05, 4.69) is 59.6 Å². The minimum Gasteiger partial charge on any atom is -0.454 e. The molecular formula is C65H81NO8. The highest BCUT2D eigenvalue weighted by molar-refractivity contribution is 5.86. The highest BCUT2D eigenvalue weighted by Crippen LogP contribution is 2.80. The monoisotopic (exact) mass is 1000 g/mol. The highest BCUT2D eigenvalue weighted by atomic mass is 16.5. The zero-order valence-electron chi connectivity index (χ0n) is 43.7. The average molecular weight is 1000 g/mol. The van der Waals surface area contributed by atoms with Crippen LogP contribution < -0.4 is 5.32 Å². The first-order chi connectivity index (χ1) is 35.9. The number of likely N-dealkylation sites (N-methyl/N-ethyl adjacent to an activating group) is 1. The summed E-state index contributed by atoms with van der Waals surface area (Å²) in [6.45, 7) is -0.107. The SMILES string of the molecule is CN[C@H]1Cc2c(cccc2CO)C#CCC[C@]23CC[C@H]4[C@@](O)(C[C@H]5C[C@@H]6[C@H](C=CC[C@H]6C6CCCC6)C[C@H]6[C@@H](O)[C@]7(CC[C@@H]8C[C@H](c9ccccc9)CC[C@@H]87)C[C@@]4(C=O)[C@]56O)[C@@]2(O)C[C@@H]2C[C@@H]1[C@@H]1OC(=O)C=C1[C@@H]23. The summed E-state index contributed by atoms with van der Waals surface area (Å²) < 4.78 is 6.40. The number of allylic oxidation sites excluding steroid dienone is 2. The predicted octanol–water partition coefficient (Wildman–Crippen LogP) is 8.91. The van der Waals surface area contributed by atoms with Gasteiger partial charge in [-0.25, -0.2) is 4.79 Å². The third-order valence-electron chi connectivity index (χ3n) is 25.3. The first kappa shape index (κ1) is 48.7. The lowest BCUT2D eigenvalue weighted by Crippen LogP contribution is -2.82. The van der Waals surface area contributed by atoms with Crippen molar-refractivity contribution in [1.29, 1.82) is 0 Å². The normalized spacial score (nSPS) is 49.6. The van der Waals surface area contributed by atoms with Crippen LogP contribution in [0.5, 0.6) is 0 Å². The summed E-state index contributed by atoms with van der Waals surface area (Å²) in [6.07, 6.45) is 22.4. The Kier molecular flexibility index (Phi) is 11.5. The zero-order valence-corrected chi connectivity index (χ0v) is 43.7. The molecule has 15 rings (SSSR count). The van der Waals surface area contributed by atoms with Crippen molar-refractivity contribution < 1.29 is 39.9 Å². The van der Waals surface area contributed by atoms with Crippen LogP contribution in [0.1, 0.15) is 157 Å². The predicted molar refractivity (Wildman–Crippen MR) is 281 cm³/mol. The van der Waals surface area contributed by atoms with E-state index in [1.807, 2.05) is 25.2 Å². The van der Waals surface area contributed by atoms with Gasteiger partial charge in [0.25, 0.3) is 0 Å². The van der Waals surface area contributed by atoms with Gasteiger partial charge >= 0.3 is 5.97 Å². The Labute approximate surface area is 438 Å². The van der Waals surface area contributed by atoms with E-state index in [1.165, 1.54) is 31.2 Å². The quantitative estimate of drug-likeness (QED) is 0.0746. The second-order valence-corrected chi connectivity index (χ2v) is 27.2. The smallest absolute Gasteiger partial charge is 0.331 e. The van der Waals surface area contributed by atoms with Crippen molar-refractivity contribution in [2.24, 2.45) is 87.3 Å². The Morgan fingerprint density at radius 3 is 2.47 bits per heavy atom. The molecule has 6 N–H and O–H groups in total. The fourth-order valence-corrected chi connectivity index (χ4v) is 22.7. The summed E-state index contributed by atoms with van der Waals surface area (Å²) in [6, 6.07) is 16.7. The lowest BCUT2D eigenvalue weighted by atomic mass is 9.33. The second-order valence-electron chi connectivity index (χ2n) is 27.2. The van der Waals surface area contributed by atoms with Gasteiger partial charge < -0.3 is 40.4 Å². The van der Waals surface area contributed by atoms with Gasteiger partial charge in [-0.2, -0.15) is 0 Å². The molecule has 1 heterocycles. The van der Waals surface area contributed by atoms with Crippen molar-refractivity contribution >= 4 is 12.3 Å². The number of hydrogen-bond acceptors (Lipinski definition) is 9. The molecule has 9 saturated carbocycles. The number of aliphatic hydroxyl groups is 5. The van der Waals surface area contributed by atoms with Crippen LogP contribution in [-0.2, 0) is 27.4 Å². The summed E-state index contributed by atoms with van der Waals surface area (Å²) in [4.78, 5) is 29.2. The summed E-state index contributed by atoms with van der Waals surface area (Å²) in [5.74, 6) is 6.91. The molecule has 0 saturated heterocycles. The number of carbonyl (C=O) groups excluding carboxylic acids is 2. The number of carbonyl (C=O) groups is 2. The van der Waals surface area contributed by atoms with E-state index in [-0.39, 0.29) is 60.5 Å². The van der Waals surface area contributed by atoms with E-state index in [1.54, 1.807) is 6.08 Å². The van der Waals surface area contributed by atoms with Crippen molar-refractivity contribution in [1.82, 2.24) is 5.32 Å². The first-order valence-corrected chi connectivity index (χ1v) is 29.7. The number of benzene rings is 2. The van der Waals surface area contributed by atoms with Gasteiger partial charge in [0.2, 0.25) is 0 Å². The van der Waals surface area contributed by atoms with Crippen LogP contribution >= 0.6 is 0 Å². The van der Waals surface area contributed by atoms with Crippen LogP contribution in [0.25, 0.3) is 0 Å². The molecule has 2 spiro atoms. The van der Waals surface area contributed by atoms with E-state index < -0.39 is 63.0 Å². The number of ether oxygens (including phenoxy) is 1. The molecule has 0 aromatic heterocycles. The van der Waals surface area contributed by atoms with Gasteiger partial charge in [0.15, 0.2) is 0 Å². The lowest BCUT2D eigenvalue weighted by Gasteiger charge is -2.74. The number of hydrogen-bond donors (Lipinski definition) is 6. The molecule has 394 valence electrons. The van der Waals surface area contributed by atoms with E-state index in [4.69, 9.17) is 4.74 Å². The topological polar surface area (TPSA) is 157 Å². The Hall–Kier alpha value is -3.62. The largest absolute Gasteiger partial charge is 0.454 e. The van der Waals surface area contributed by atoms with Crippen LogP contribution in [0.15, 0.2) is 72.3 Å². The van der Waals surface area contributed by atoms with Crippen molar-refractivity contribution in [3.63, 3.8) is 0 Å². The minimum absolute atomic E-state index is 0.0914. The maximum absolute atomic E-state index is 15.4. The average Bonchev–Trinajstić information content (AvgIpc) is 4.23. The van der Waals surface area contributed by atoms with Crippen molar-refractivity contribution in [3.8, 4) is 11.8 Å². The molecule has 9 heteroatoms. The van der Waals surface area contributed by atoms with Crippen LogP contribution in [0, 0.1) is 99.1 Å². The summed E-state index contributed by atoms with van der Waals surface area (Å²) in [5.41, 5.74) is -2.89. The third-order valence-corrected chi connectivity index (χ3v) is 25.3. The molecule has 9 nitrogen and oxygen atoms in total. The van der Waals surface area contributed by atoms with Crippen molar-refractivity contribution in [2.45, 2.75) is 182 Å².